The third-order valence-electron chi connectivity index (χ3n) is 3.43. The van der Waals surface area contributed by atoms with Crippen LogP contribution in [0.2, 0.25) is 0 Å². The Balaban J connectivity index is 0.00000338. The maximum absolute atomic E-state index is 14.0. The number of primary amides is 1. The van der Waals surface area contributed by atoms with Crippen molar-refractivity contribution in [1.82, 2.24) is 0 Å². The number of ether oxygens (including phenoxy) is 1. The van der Waals surface area contributed by atoms with Crippen LogP contribution in [0, 0.1) is 5.82 Å². The molecule has 0 aliphatic rings. The number of anilines is 2. The molecular formula is C17H18BrClFN3O3. The summed E-state index contributed by atoms with van der Waals surface area (Å²) in [6.45, 7) is 0. The Labute approximate surface area is 164 Å². The smallest absolute Gasteiger partial charge is 0.411 e. The van der Waals surface area contributed by atoms with Gasteiger partial charge in [-0.25, -0.2) is 9.18 Å². The molecule has 2 amide bonds. The van der Waals surface area contributed by atoms with Gasteiger partial charge in [-0.15, -0.1) is 12.4 Å². The molecule has 26 heavy (non-hydrogen) atoms. The third kappa shape index (κ3) is 6.20. The number of rotatable bonds is 6. The predicted octanol–water partition coefficient (Wildman–Crippen LogP) is 3.70. The van der Waals surface area contributed by atoms with E-state index in [4.69, 9.17) is 5.73 Å². The summed E-state index contributed by atoms with van der Waals surface area (Å²) in [7, 11) is 1.18. The van der Waals surface area contributed by atoms with E-state index in [0.717, 1.165) is 10.0 Å². The zero-order chi connectivity index (χ0) is 18.4. The Kier molecular flexibility index (Phi) is 8.34. The molecule has 0 aliphatic carbocycles. The standard InChI is InChI=1S/C17H17BrFN3O3.ClH/c1-25-17(24)22-14-7-6-12(9-13(14)19)21-15(16(20)23)8-10-2-4-11(18)5-3-10;/h2-7,9,15,21H,8H2,1H3,(H2,20,23)(H,22,24);1H/t15-;/m0./s1. The van der Waals surface area contributed by atoms with Gasteiger partial charge in [0.05, 0.1) is 12.8 Å². The summed E-state index contributed by atoms with van der Waals surface area (Å²) < 4.78 is 19.4. The van der Waals surface area contributed by atoms with Crippen molar-refractivity contribution in [3.63, 3.8) is 0 Å². The van der Waals surface area contributed by atoms with Crippen molar-refractivity contribution in [1.29, 1.82) is 0 Å². The van der Waals surface area contributed by atoms with Crippen LogP contribution in [0.5, 0.6) is 0 Å². The number of carbonyl (C=O) groups excluding carboxylic acids is 2. The second-order valence-electron chi connectivity index (χ2n) is 5.24. The number of hydrogen-bond acceptors (Lipinski definition) is 4. The van der Waals surface area contributed by atoms with E-state index in [0.29, 0.717) is 12.1 Å². The summed E-state index contributed by atoms with van der Waals surface area (Å²) in [6, 6.07) is 10.8. The molecule has 0 aliphatic heterocycles. The number of hydrogen-bond donors (Lipinski definition) is 3. The third-order valence-corrected chi connectivity index (χ3v) is 3.96. The topological polar surface area (TPSA) is 93.4 Å². The largest absolute Gasteiger partial charge is 0.453 e. The van der Waals surface area contributed by atoms with Crippen LogP contribution in [-0.4, -0.2) is 25.2 Å². The van der Waals surface area contributed by atoms with Gasteiger partial charge in [0.1, 0.15) is 11.9 Å². The van der Waals surface area contributed by atoms with Gasteiger partial charge >= 0.3 is 6.09 Å². The van der Waals surface area contributed by atoms with Crippen molar-refractivity contribution in [3.05, 3.63) is 58.3 Å². The van der Waals surface area contributed by atoms with Gasteiger partial charge in [-0.1, -0.05) is 28.1 Å². The van der Waals surface area contributed by atoms with E-state index in [-0.39, 0.29) is 18.1 Å². The van der Waals surface area contributed by atoms with E-state index < -0.39 is 23.9 Å². The van der Waals surface area contributed by atoms with Crippen molar-refractivity contribution in [3.8, 4) is 0 Å². The minimum atomic E-state index is -0.773. The lowest BCUT2D eigenvalue weighted by Gasteiger charge is -2.17. The summed E-state index contributed by atoms with van der Waals surface area (Å²) in [6.07, 6.45) is -0.420. The summed E-state index contributed by atoms with van der Waals surface area (Å²) in [5, 5.41) is 5.15. The van der Waals surface area contributed by atoms with Crippen molar-refractivity contribution >= 4 is 51.7 Å². The molecule has 0 radical (unpaired) electrons. The summed E-state index contributed by atoms with van der Waals surface area (Å²) in [5.41, 5.74) is 6.68. The van der Waals surface area contributed by atoms with E-state index in [1.807, 2.05) is 24.3 Å². The SMILES string of the molecule is COC(=O)Nc1ccc(N[C@@H](Cc2ccc(Br)cc2)C(N)=O)cc1F.Cl. The second-order valence-corrected chi connectivity index (χ2v) is 6.16. The molecule has 4 N–H and O–H groups in total. The molecule has 0 heterocycles. The van der Waals surface area contributed by atoms with Crippen molar-refractivity contribution in [2.75, 3.05) is 17.7 Å². The maximum atomic E-state index is 14.0. The van der Waals surface area contributed by atoms with Gasteiger partial charge in [-0.2, -0.15) is 0 Å². The number of nitrogens with two attached hydrogens (primary N) is 1. The van der Waals surface area contributed by atoms with Crippen LogP contribution in [0.15, 0.2) is 46.9 Å². The second kappa shape index (κ2) is 9.98. The van der Waals surface area contributed by atoms with E-state index in [2.05, 4.69) is 31.3 Å². The van der Waals surface area contributed by atoms with Crippen LogP contribution in [0.25, 0.3) is 0 Å². The highest BCUT2D eigenvalue weighted by Crippen LogP contribution is 2.21. The first kappa shape index (κ1) is 21.7. The minimum absolute atomic E-state index is 0. The highest BCUT2D eigenvalue weighted by Gasteiger charge is 2.17. The molecule has 0 fully saturated rings. The minimum Gasteiger partial charge on any atom is -0.453 e. The number of carbonyl (C=O) groups is 2. The summed E-state index contributed by atoms with van der Waals surface area (Å²) >= 11 is 3.34. The van der Waals surface area contributed by atoms with Crippen LogP contribution in [0.3, 0.4) is 0 Å². The Hall–Kier alpha value is -2.32. The Morgan fingerprint density at radius 3 is 2.42 bits per heavy atom. The number of methoxy groups -OCH3 is 1. The lowest BCUT2D eigenvalue weighted by atomic mass is 10.1. The van der Waals surface area contributed by atoms with Crippen LogP contribution < -0.4 is 16.4 Å². The molecule has 2 aromatic rings. The monoisotopic (exact) mass is 445 g/mol. The average Bonchev–Trinajstić information content (AvgIpc) is 2.58. The molecule has 0 spiro atoms. The van der Waals surface area contributed by atoms with Crippen molar-refractivity contribution in [2.45, 2.75) is 12.5 Å². The predicted molar refractivity (Wildman–Crippen MR) is 104 cm³/mol. The molecule has 0 saturated heterocycles. The van der Waals surface area contributed by atoms with Gasteiger partial charge in [0, 0.05) is 16.6 Å². The van der Waals surface area contributed by atoms with Crippen LogP contribution in [-0.2, 0) is 16.0 Å². The quantitative estimate of drug-likeness (QED) is 0.631. The molecule has 9 heteroatoms. The molecule has 0 bridgehead atoms. The Morgan fingerprint density at radius 2 is 1.88 bits per heavy atom. The number of benzene rings is 2. The zero-order valence-electron chi connectivity index (χ0n) is 13.8. The van der Waals surface area contributed by atoms with Gasteiger partial charge in [0.2, 0.25) is 5.91 Å². The zero-order valence-corrected chi connectivity index (χ0v) is 16.2. The lowest BCUT2D eigenvalue weighted by molar-refractivity contribution is -0.118. The van der Waals surface area contributed by atoms with Gasteiger partial charge in [-0.05, 0) is 35.9 Å². The van der Waals surface area contributed by atoms with Crippen LogP contribution in [0.1, 0.15) is 5.56 Å². The van der Waals surface area contributed by atoms with E-state index in [9.17, 15) is 14.0 Å². The normalized spacial score (nSPS) is 11.0. The summed E-state index contributed by atoms with van der Waals surface area (Å²) in [5.74, 6) is -1.22. The summed E-state index contributed by atoms with van der Waals surface area (Å²) in [4.78, 5) is 22.8. The van der Waals surface area contributed by atoms with Gasteiger partial charge < -0.3 is 15.8 Å². The first-order valence-corrected chi connectivity index (χ1v) is 8.13. The molecule has 0 unspecified atom stereocenters. The van der Waals surface area contributed by atoms with Gasteiger partial charge in [-0.3, -0.25) is 10.1 Å². The molecular weight excluding hydrogens is 429 g/mol. The molecule has 1 atom stereocenters. The fourth-order valence-electron chi connectivity index (χ4n) is 2.15. The van der Waals surface area contributed by atoms with Crippen LogP contribution >= 0.6 is 28.3 Å². The van der Waals surface area contributed by atoms with E-state index in [1.165, 1.54) is 25.3 Å². The highest BCUT2D eigenvalue weighted by atomic mass is 79.9. The van der Waals surface area contributed by atoms with Gasteiger partial charge in [0.15, 0.2) is 0 Å². The Morgan fingerprint density at radius 1 is 1.23 bits per heavy atom. The first-order valence-electron chi connectivity index (χ1n) is 7.34. The maximum Gasteiger partial charge on any atom is 0.411 e. The Bertz CT molecular complexity index is 774. The van der Waals surface area contributed by atoms with Crippen molar-refractivity contribution < 1.29 is 18.7 Å². The molecule has 2 aromatic carbocycles. The highest BCUT2D eigenvalue weighted by molar-refractivity contribution is 9.10. The van der Waals surface area contributed by atoms with Crippen LogP contribution in [0.4, 0.5) is 20.6 Å². The molecule has 6 nitrogen and oxygen atoms in total. The van der Waals surface area contributed by atoms with E-state index >= 15 is 0 Å². The van der Waals surface area contributed by atoms with Gasteiger partial charge in [0.25, 0.3) is 0 Å². The number of halogens is 3. The lowest BCUT2D eigenvalue weighted by Crippen LogP contribution is -2.37. The number of nitrogens with one attached hydrogen (secondary N) is 2. The number of amides is 2. The molecule has 140 valence electrons. The first-order chi connectivity index (χ1) is 11.9. The molecule has 2 rings (SSSR count). The average molecular weight is 447 g/mol. The fourth-order valence-corrected chi connectivity index (χ4v) is 2.41. The van der Waals surface area contributed by atoms with Crippen molar-refractivity contribution in [2.24, 2.45) is 5.73 Å². The fraction of sp³-hybridized carbons (Fsp3) is 0.176. The molecule has 0 saturated carbocycles. The molecule has 0 aromatic heterocycles. The van der Waals surface area contributed by atoms with E-state index in [1.54, 1.807) is 0 Å².